The van der Waals surface area contributed by atoms with Gasteiger partial charge in [-0.15, -0.1) is 0 Å². The number of nitrogens with one attached hydrogen (secondary N) is 1. The first-order valence-electron chi connectivity index (χ1n) is 4.47. The van der Waals surface area contributed by atoms with Crippen LogP contribution in [-0.4, -0.2) is 19.6 Å². The van der Waals surface area contributed by atoms with Crippen molar-refractivity contribution in [2.24, 2.45) is 5.73 Å². The van der Waals surface area contributed by atoms with Crippen LogP contribution < -0.4 is 15.8 Å². The van der Waals surface area contributed by atoms with Crippen LogP contribution in [0.5, 0.6) is 5.75 Å². The van der Waals surface area contributed by atoms with Gasteiger partial charge in [-0.3, -0.25) is 4.79 Å². The van der Waals surface area contributed by atoms with Crippen molar-refractivity contribution in [1.82, 2.24) is 5.32 Å². The van der Waals surface area contributed by atoms with E-state index >= 15 is 0 Å². The highest BCUT2D eigenvalue weighted by molar-refractivity contribution is 5.75. The quantitative estimate of drug-likeness (QED) is 0.743. The summed E-state index contributed by atoms with van der Waals surface area (Å²) in [6.07, 6.45) is 0. The predicted octanol–water partition coefficient (Wildman–Crippen LogP) is 0.409. The van der Waals surface area contributed by atoms with Crippen molar-refractivity contribution in [3.63, 3.8) is 0 Å². The van der Waals surface area contributed by atoms with Gasteiger partial charge >= 0.3 is 0 Å². The Morgan fingerprint density at radius 1 is 1.60 bits per heavy atom. The van der Waals surface area contributed by atoms with Crippen LogP contribution in [0.2, 0.25) is 0 Å². The maximum absolute atomic E-state index is 13.3. The van der Waals surface area contributed by atoms with Gasteiger partial charge in [0.2, 0.25) is 0 Å². The van der Waals surface area contributed by atoms with Crippen molar-refractivity contribution in [1.29, 1.82) is 0 Å². The van der Waals surface area contributed by atoms with Crippen LogP contribution in [0.3, 0.4) is 0 Å². The zero-order chi connectivity index (χ0) is 11.3. The van der Waals surface area contributed by atoms with E-state index in [4.69, 9.17) is 10.5 Å². The lowest BCUT2D eigenvalue weighted by Crippen LogP contribution is -2.20. The maximum Gasteiger partial charge on any atom is 0.255 e. The van der Waals surface area contributed by atoms with Gasteiger partial charge in [-0.2, -0.15) is 0 Å². The second-order valence-electron chi connectivity index (χ2n) is 3.05. The number of nitrogens with two attached hydrogens (primary N) is 1. The SMILES string of the molecule is CNCc1ccc(OCC(N)=O)c(F)c1. The van der Waals surface area contributed by atoms with E-state index in [2.05, 4.69) is 5.32 Å². The Morgan fingerprint density at radius 2 is 2.33 bits per heavy atom. The predicted molar refractivity (Wildman–Crippen MR) is 53.9 cm³/mol. The smallest absolute Gasteiger partial charge is 0.255 e. The molecule has 4 nitrogen and oxygen atoms in total. The lowest BCUT2D eigenvalue weighted by molar-refractivity contribution is -0.120. The standard InChI is InChI=1S/C10H13FN2O2/c1-13-5-7-2-3-9(8(11)4-7)15-6-10(12)14/h2-4,13H,5-6H2,1H3,(H2,12,14). The number of amides is 1. The van der Waals surface area contributed by atoms with Crippen LogP contribution in [0.25, 0.3) is 0 Å². The summed E-state index contributed by atoms with van der Waals surface area (Å²) in [5, 5.41) is 2.90. The van der Waals surface area contributed by atoms with Gasteiger partial charge in [-0.05, 0) is 24.7 Å². The number of hydrogen-bond donors (Lipinski definition) is 2. The fourth-order valence-corrected chi connectivity index (χ4v) is 1.12. The minimum absolute atomic E-state index is 0.0358. The molecular weight excluding hydrogens is 199 g/mol. The first kappa shape index (κ1) is 11.5. The number of carbonyl (C=O) groups excluding carboxylic acids is 1. The summed E-state index contributed by atoms with van der Waals surface area (Å²) in [6, 6.07) is 4.55. The average molecular weight is 212 g/mol. The van der Waals surface area contributed by atoms with Gasteiger partial charge in [0.1, 0.15) is 0 Å². The molecule has 0 unspecified atom stereocenters. The molecule has 1 aromatic carbocycles. The molecule has 0 bridgehead atoms. The molecule has 15 heavy (non-hydrogen) atoms. The van der Waals surface area contributed by atoms with Crippen molar-refractivity contribution in [2.75, 3.05) is 13.7 Å². The summed E-state index contributed by atoms with van der Waals surface area (Å²) in [6.45, 7) is 0.259. The third-order valence-electron chi connectivity index (χ3n) is 1.75. The Morgan fingerprint density at radius 3 is 2.87 bits per heavy atom. The van der Waals surface area contributed by atoms with E-state index in [0.29, 0.717) is 6.54 Å². The minimum Gasteiger partial charge on any atom is -0.481 e. The molecule has 0 aliphatic carbocycles. The molecule has 1 rings (SSSR count). The Hall–Kier alpha value is -1.62. The van der Waals surface area contributed by atoms with E-state index in [1.807, 2.05) is 0 Å². The van der Waals surface area contributed by atoms with E-state index in [-0.39, 0.29) is 12.4 Å². The second kappa shape index (κ2) is 5.31. The number of benzene rings is 1. The maximum atomic E-state index is 13.3. The molecule has 0 radical (unpaired) electrons. The molecule has 1 amide bonds. The highest BCUT2D eigenvalue weighted by Gasteiger charge is 2.05. The molecule has 0 aromatic heterocycles. The van der Waals surface area contributed by atoms with Crippen LogP contribution >= 0.6 is 0 Å². The molecule has 0 spiro atoms. The number of primary amides is 1. The number of hydrogen-bond acceptors (Lipinski definition) is 3. The van der Waals surface area contributed by atoms with Crippen molar-refractivity contribution in [3.05, 3.63) is 29.6 Å². The molecule has 1 aromatic rings. The Labute approximate surface area is 87.2 Å². The lowest BCUT2D eigenvalue weighted by Gasteiger charge is -2.06. The van der Waals surface area contributed by atoms with Crippen LogP contribution in [-0.2, 0) is 11.3 Å². The van der Waals surface area contributed by atoms with Crippen molar-refractivity contribution in [2.45, 2.75) is 6.54 Å². The van der Waals surface area contributed by atoms with E-state index in [1.165, 1.54) is 12.1 Å². The van der Waals surface area contributed by atoms with Crippen LogP contribution in [0.1, 0.15) is 5.56 Å². The molecule has 5 heteroatoms. The topological polar surface area (TPSA) is 64.3 Å². The molecule has 0 saturated carbocycles. The number of rotatable bonds is 5. The molecular formula is C10H13FN2O2. The molecule has 0 fully saturated rings. The van der Waals surface area contributed by atoms with E-state index in [9.17, 15) is 9.18 Å². The zero-order valence-corrected chi connectivity index (χ0v) is 8.42. The molecule has 0 saturated heterocycles. The van der Waals surface area contributed by atoms with Gasteiger partial charge in [0.05, 0.1) is 0 Å². The van der Waals surface area contributed by atoms with Crippen molar-refractivity contribution < 1.29 is 13.9 Å². The van der Waals surface area contributed by atoms with E-state index < -0.39 is 11.7 Å². The number of halogens is 1. The largest absolute Gasteiger partial charge is 0.481 e. The first-order valence-corrected chi connectivity index (χ1v) is 4.47. The van der Waals surface area contributed by atoms with Gasteiger partial charge in [0.15, 0.2) is 18.2 Å². The fourth-order valence-electron chi connectivity index (χ4n) is 1.12. The third kappa shape index (κ3) is 3.55. The first-order chi connectivity index (χ1) is 7.13. The highest BCUT2D eigenvalue weighted by Crippen LogP contribution is 2.18. The summed E-state index contributed by atoms with van der Waals surface area (Å²) < 4.78 is 18.2. The van der Waals surface area contributed by atoms with E-state index in [1.54, 1.807) is 13.1 Å². The number of carbonyl (C=O) groups is 1. The second-order valence-corrected chi connectivity index (χ2v) is 3.05. The summed E-state index contributed by atoms with van der Waals surface area (Å²) in [4.78, 5) is 10.4. The van der Waals surface area contributed by atoms with Crippen molar-refractivity contribution >= 4 is 5.91 Å². The minimum atomic E-state index is -0.631. The Balaban J connectivity index is 2.70. The summed E-state index contributed by atoms with van der Waals surface area (Å²) >= 11 is 0. The Bertz CT molecular complexity index is 355. The van der Waals surface area contributed by atoms with Gasteiger partial charge < -0.3 is 15.8 Å². The third-order valence-corrected chi connectivity index (χ3v) is 1.75. The van der Waals surface area contributed by atoms with Crippen LogP contribution in [0, 0.1) is 5.82 Å². The molecule has 0 atom stereocenters. The van der Waals surface area contributed by atoms with Gasteiger partial charge in [0.25, 0.3) is 5.91 Å². The molecule has 0 heterocycles. The van der Waals surface area contributed by atoms with E-state index in [0.717, 1.165) is 5.56 Å². The highest BCUT2D eigenvalue weighted by atomic mass is 19.1. The molecule has 0 aliphatic rings. The van der Waals surface area contributed by atoms with Crippen LogP contribution in [0.15, 0.2) is 18.2 Å². The summed E-state index contributed by atoms with van der Waals surface area (Å²) in [5.41, 5.74) is 5.68. The number of ether oxygens (including phenoxy) is 1. The molecule has 0 aliphatic heterocycles. The summed E-state index contributed by atoms with van der Waals surface area (Å²) in [7, 11) is 1.77. The zero-order valence-electron chi connectivity index (χ0n) is 8.42. The Kier molecular flexibility index (Phi) is 4.05. The normalized spacial score (nSPS) is 10.0. The molecule has 82 valence electrons. The van der Waals surface area contributed by atoms with Gasteiger partial charge in [-0.1, -0.05) is 6.07 Å². The van der Waals surface area contributed by atoms with Gasteiger partial charge in [-0.25, -0.2) is 4.39 Å². The average Bonchev–Trinajstić information content (AvgIpc) is 2.17. The van der Waals surface area contributed by atoms with Crippen LogP contribution in [0.4, 0.5) is 4.39 Å². The van der Waals surface area contributed by atoms with Crippen molar-refractivity contribution in [3.8, 4) is 5.75 Å². The van der Waals surface area contributed by atoms with Gasteiger partial charge in [0, 0.05) is 6.54 Å². The lowest BCUT2D eigenvalue weighted by atomic mass is 10.2. The monoisotopic (exact) mass is 212 g/mol. The fraction of sp³-hybridized carbons (Fsp3) is 0.300. The molecule has 3 N–H and O–H groups in total. The summed E-state index contributed by atoms with van der Waals surface area (Å²) in [5.74, 6) is -1.09.